The summed E-state index contributed by atoms with van der Waals surface area (Å²) in [5.74, 6) is -0.384. The van der Waals surface area contributed by atoms with Crippen molar-refractivity contribution >= 4 is 34.5 Å². The van der Waals surface area contributed by atoms with Crippen LogP contribution in [0.1, 0.15) is 29.4 Å². The Hall–Kier alpha value is -2.18. The van der Waals surface area contributed by atoms with Crippen LogP contribution in [0.2, 0.25) is 0 Å². The molecule has 0 aliphatic rings. The quantitative estimate of drug-likeness (QED) is 0.765. The minimum absolute atomic E-state index is 0.166. The molecule has 0 aliphatic carbocycles. The summed E-state index contributed by atoms with van der Waals surface area (Å²) in [6, 6.07) is 10.1. The molecule has 0 fully saturated rings. The minimum atomic E-state index is -0.519. The molecule has 4 N–H and O–H groups in total. The summed E-state index contributed by atoms with van der Waals surface area (Å²) < 4.78 is 0. The molecule has 5 nitrogen and oxygen atoms in total. The molecule has 22 heavy (non-hydrogen) atoms. The van der Waals surface area contributed by atoms with E-state index in [0.717, 1.165) is 6.42 Å². The van der Waals surface area contributed by atoms with Gasteiger partial charge in [-0.15, -0.1) is 11.3 Å². The Morgan fingerprint density at radius 2 is 1.91 bits per heavy atom. The number of benzene rings is 1. The number of nitrogens with one attached hydrogen (secondary N) is 2. The summed E-state index contributed by atoms with van der Waals surface area (Å²) in [6.07, 6.45) is 1.49. The van der Waals surface area contributed by atoms with Crippen molar-refractivity contribution in [2.75, 3.05) is 10.6 Å². The standard InChI is InChI=1S/C16H19N3O2S/c1-2-5-13(17)15(20)18-11-6-3-7-12(10-11)19-16(21)14-8-4-9-22-14/h3-4,6-10,13H,2,5,17H2,1H3,(H,18,20)(H,19,21). The van der Waals surface area contributed by atoms with E-state index in [-0.39, 0.29) is 11.8 Å². The van der Waals surface area contributed by atoms with Crippen molar-refractivity contribution in [3.05, 3.63) is 46.7 Å². The first-order chi connectivity index (χ1) is 10.6. The third-order valence-corrected chi connectivity index (χ3v) is 3.94. The van der Waals surface area contributed by atoms with E-state index in [1.54, 1.807) is 30.3 Å². The van der Waals surface area contributed by atoms with Gasteiger partial charge < -0.3 is 16.4 Å². The molecule has 0 bridgehead atoms. The van der Waals surface area contributed by atoms with E-state index < -0.39 is 6.04 Å². The van der Waals surface area contributed by atoms with E-state index in [0.29, 0.717) is 22.7 Å². The summed E-state index contributed by atoms with van der Waals surface area (Å²) in [6.45, 7) is 1.98. The Bertz CT molecular complexity index is 641. The molecule has 0 aliphatic heterocycles. The molecule has 1 heterocycles. The average Bonchev–Trinajstić information content (AvgIpc) is 3.02. The molecule has 1 unspecified atom stereocenters. The third kappa shape index (κ3) is 4.41. The second kappa shape index (κ2) is 7.72. The molecule has 1 aromatic heterocycles. The Morgan fingerprint density at radius 1 is 1.18 bits per heavy atom. The first-order valence-corrected chi connectivity index (χ1v) is 7.99. The van der Waals surface area contributed by atoms with E-state index in [2.05, 4.69) is 10.6 Å². The first kappa shape index (κ1) is 16.2. The van der Waals surface area contributed by atoms with E-state index in [4.69, 9.17) is 5.73 Å². The maximum Gasteiger partial charge on any atom is 0.265 e. The molecule has 2 amide bonds. The van der Waals surface area contributed by atoms with Crippen molar-refractivity contribution in [3.8, 4) is 0 Å². The number of carbonyl (C=O) groups excluding carboxylic acids is 2. The third-order valence-electron chi connectivity index (χ3n) is 3.07. The lowest BCUT2D eigenvalue weighted by atomic mass is 10.1. The van der Waals surface area contributed by atoms with E-state index in [9.17, 15) is 9.59 Å². The molecule has 2 aromatic rings. The summed E-state index contributed by atoms with van der Waals surface area (Å²) in [7, 11) is 0. The molecule has 0 spiro atoms. The molecule has 0 saturated carbocycles. The van der Waals surface area contributed by atoms with Crippen LogP contribution in [0.5, 0.6) is 0 Å². The number of rotatable bonds is 6. The number of hydrogen-bond acceptors (Lipinski definition) is 4. The highest BCUT2D eigenvalue weighted by atomic mass is 32.1. The number of carbonyl (C=O) groups is 2. The molecule has 116 valence electrons. The van der Waals surface area contributed by atoms with Crippen molar-refractivity contribution in [2.24, 2.45) is 5.73 Å². The lowest BCUT2D eigenvalue weighted by molar-refractivity contribution is -0.117. The van der Waals surface area contributed by atoms with Gasteiger partial charge in [-0.05, 0) is 36.1 Å². The van der Waals surface area contributed by atoms with Gasteiger partial charge in [-0.2, -0.15) is 0 Å². The van der Waals surface area contributed by atoms with Crippen molar-refractivity contribution in [2.45, 2.75) is 25.8 Å². The number of thiophene rings is 1. The van der Waals surface area contributed by atoms with Gasteiger partial charge in [0.2, 0.25) is 5.91 Å². The maximum absolute atomic E-state index is 12.0. The zero-order valence-corrected chi connectivity index (χ0v) is 13.2. The normalized spacial score (nSPS) is 11.7. The highest BCUT2D eigenvalue weighted by molar-refractivity contribution is 7.12. The lowest BCUT2D eigenvalue weighted by Crippen LogP contribution is -2.35. The van der Waals surface area contributed by atoms with Crippen molar-refractivity contribution in [3.63, 3.8) is 0 Å². The fourth-order valence-electron chi connectivity index (χ4n) is 1.95. The second-order valence-electron chi connectivity index (χ2n) is 4.90. The van der Waals surface area contributed by atoms with Crippen molar-refractivity contribution in [1.29, 1.82) is 0 Å². The number of nitrogens with two attached hydrogens (primary N) is 1. The van der Waals surface area contributed by atoms with Crippen LogP contribution in [0, 0.1) is 0 Å². The molecular weight excluding hydrogens is 298 g/mol. The van der Waals surface area contributed by atoms with E-state index >= 15 is 0 Å². The van der Waals surface area contributed by atoms with Crippen LogP contribution in [0.25, 0.3) is 0 Å². The van der Waals surface area contributed by atoms with Gasteiger partial charge in [0.25, 0.3) is 5.91 Å². The predicted octanol–water partition coefficient (Wildman–Crippen LogP) is 3.07. The Labute approximate surface area is 133 Å². The largest absolute Gasteiger partial charge is 0.325 e. The molecule has 6 heteroatoms. The topological polar surface area (TPSA) is 84.2 Å². The predicted molar refractivity (Wildman–Crippen MR) is 90.2 cm³/mol. The van der Waals surface area contributed by atoms with Crippen LogP contribution >= 0.6 is 11.3 Å². The van der Waals surface area contributed by atoms with Crippen molar-refractivity contribution < 1.29 is 9.59 Å². The van der Waals surface area contributed by atoms with Gasteiger partial charge in [0.15, 0.2) is 0 Å². The number of anilines is 2. The van der Waals surface area contributed by atoms with Gasteiger partial charge in [0, 0.05) is 11.4 Å². The van der Waals surface area contributed by atoms with Crippen LogP contribution in [0.4, 0.5) is 11.4 Å². The number of amides is 2. The Morgan fingerprint density at radius 3 is 2.55 bits per heavy atom. The smallest absolute Gasteiger partial charge is 0.265 e. The van der Waals surface area contributed by atoms with Crippen LogP contribution in [0.15, 0.2) is 41.8 Å². The van der Waals surface area contributed by atoms with Gasteiger partial charge in [-0.25, -0.2) is 0 Å². The van der Waals surface area contributed by atoms with Gasteiger partial charge >= 0.3 is 0 Å². The first-order valence-electron chi connectivity index (χ1n) is 7.11. The Balaban J connectivity index is 2.01. The Kier molecular flexibility index (Phi) is 5.68. The number of hydrogen-bond donors (Lipinski definition) is 3. The van der Waals surface area contributed by atoms with Crippen LogP contribution in [0.3, 0.4) is 0 Å². The highest BCUT2D eigenvalue weighted by Crippen LogP contribution is 2.18. The average molecular weight is 317 g/mol. The summed E-state index contributed by atoms with van der Waals surface area (Å²) >= 11 is 1.38. The zero-order valence-electron chi connectivity index (χ0n) is 12.3. The maximum atomic E-state index is 12.0. The van der Waals surface area contributed by atoms with E-state index in [1.165, 1.54) is 11.3 Å². The van der Waals surface area contributed by atoms with Gasteiger partial charge in [0.05, 0.1) is 10.9 Å². The highest BCUT2D eigenvalue weighted by Gasteiger charge is 2.13. The van der Waals surface area contributed by atoms with Gasteiger partial charge in [-0.1, -0.05) is 25.5 Å². The molecular formula is C16H19N3O2S. The van der Waals surface area contributed by atoms with Crippen LogP contribution in [-0.4, -0.2) is 17.9 Å². The molecule has 1 atom stereocenters. The minimum Gasteiger partial charge on any atom is -0.325 e. The van der Waals surface area contributed by atoms with Gasteiger partial charge in [0.1, 0.15) is 0 Å². The van der Waals surface area contributed by atoms with Crippen molar-refractivity contribution in [1.82, 2.24) is 0 Å². The zero-order chi connectivity index (χ0) is 15.9. The molecule has 1 aromatic carbocycles. The summed E-state index contributed by atoms with van der Waals surface area (Å²) in [5, 5.41) is 7.41. The summed E-state index contributed by atoms with van der Waals surface area (Å²) in [4.78, 5) is 24.5. The SMILES string of the molecule is CCCC(N)C(=O)Nc1cccc(NC(=O)c2cccs2)c1. The van der Waals surface area contributed by atoms with Crippen LogP contribution in [-0.2, 0) is 4.79 Å². The molecule has 0 radical (unpaired) electrons. The lowest BCUT2D eigenvalue weighted by Gasteiger charge is -2.12. The van der Waals surface area contributed by atoms with Crippen LogP contribution < -0.4 is 16.4 Å². The summed E-state index contributed by atoms with van der Waals surface area (Å²) in [5.41, 5.74) is 7.01. The van der Waals surface area contributed by atoms with E-state index in [1.807, 2.05) is 18.4 Å². The fraction of sp³-hybridized carbons (Fsp3) is 0.250. The van der Waals surface area contributed by atoms with Gasteiger partial charge in [-0.3, -0.25) is 9.59 Å². The fourth-order valence-corrected chi connectivity index (χ4v) is 2.57. The molecule has 2 rings (SSSR count). The molecule has 0 saturated heterocycles. The second-order valence-corrected chi connectivity index (χ2v) is 5.84. The monoisotopic (exact) mass is 317 g/mol.